The smallest absolute Gasteiger partial charge is 0.493 e. The number of hydrazone groups is 1. The average molecular weight is 558 g/mol. The van der Waals surface area contributed by atoms with Crippen LogP contribution in [-0.2, 0) is 19.6 Å². The Bertz CT molecular complexity index is 1410. The van der Waals surface area contributed by atoms with E-state index >= 15 is 0 Å². The molecule has 3 aromatic carbocycles. The zero-order valence-electron chi connectivity index (χ0n) is 21.2. The molecular weight excluding hydrogens is 530 g/mol. The first kappa shape index (κ1) is 28.5. The number of rotatable bonds is 10. The Balaban J connectivity index is 1.78. The van der Waals surface area contributed by atoms with Crippen LogP contribution in [0.3, 0.4) is 0 Å². The fourth-order valence-electron chi connectivity index (χ4n) is 3.23. The number of benzene rings is 3. The summed E-state index contributed by atoms with van der Waals surface area (Å²) in [6, 6.07) is 17.9. The van der Waals surface area contributed by atoms with E-state index in [-0.39, 0.29) is 16.4 Å². The summed E-state index contributed by atoms with van der Waals surface area (Å²) < 4.78 is 42.7. The highest BCUT2D eigenvalue weighted by Gasteiger charge is 2.27. The number of sulfonamides is 1. The number of carbonyl (C=O) groups excluding carboxylic acids is 2. The van der Waals surface area contributed by atoms with E-state index in [0.717, 1.165) is 14.8 Å². The van der Waals surface area contributed by atoms with Crippen LogP contribution in [0.5, 0.6) is 11.5 Å². The minimum absolute atomic E-state index is 0.0635. The van der Waals surface area contributed by atoms with E-state index in [1.807, 2.05) is 13.2 Å². The number of ether oxygens (including phenoxy) is 3. The third-order valence-corrected chi connectivity index (χ3v) is 7.74. The molecule has 3 aromatic rings. The van der Waals surface area contributed by atoms with Gasteiger partial charge in [0, 0.05) is 4.90 Å². The summed E-state index contributed by atoms with van der Waals surface area (Å²) in [4.78, 5) is 25.1. The van der Waals surface area contributed by atoms with Crippen LogP contribution in [0.4, 0.5) is 10.5 Å². The van der Waals surface area contributed by atoms with Gasteiger partial charge in [0.2, 0.25) is 0 Å². The first-order valence-electron chi connectivity index (χ1n) is 11.2. The Hall–Kier alpha value is -4.03. The number of hydrogen-bond acceptors (Lipinski definition) is 9. The van der Waals surface area contributed by atoms with Gasteiger partial charge >= 0.3 is 6.16 Å². The maximum absolute atomic E-state index is 13.5. The van der Waals surface area contributed by atoms with Crippen LogP contribution in [0.25, 0.3) is 0 Å². The van der Waals surface area contributed by atoms with Crippen LogP contribution in [0.2, 0.25) is 0 Å². The molecule has 0 aliphatic heterocycles. The first-order valence-corrected chi connectivity index (χ1v) is 13.8. The Labute approximate surface area is 225 Å². The van der Waals surface area contributed by atoms with Gasteiger partial charge in [0.15, 0.2) is 11.5 Å². The molecule has 0 heterocycles. The van der Waals surface area contributed by atoms with Gasteiger partial charge < -0.3 is 14.2 Å². The van der Waals surface area contributed by atoms with E-state index in [1.165, 1.54) is 56.5 Å². The first-order chi connectivity index (χ1) is 18.2. The summed E-state index contributed by atoms with van der Waals surface area (Å²) >= 11 is 1.50. The molecule has 3 rings (SSSR count). The van der Waals surface area contributed by atoms with Gasteiger partial charge in [-0.1, -0.05) is 17.7 Å². The number of carbonyl (C=O) groups is 2. The number of methoxy groups -OCH3 is 2. The van der Waals surface area contributed by atoms with Gasteiger partial charge in [-0.25, -0.2) is 18.6 Å². The topological polar surface area (TPSA) is 124 Å². The Morgan fingerprint density at radius 1 is 1.00 bits per heavy atom. The van der Waals surface area contributed by atoms with Crippen LogP contribution in [0.15, 0.2) is 81.6 Å². The minimum Gasteiger partial charge on any atom is -0.493 e. The number of aryl methyl sites for hydroxylation is 1. The molecule has 0 saturated heterocycles. The lowest BCUT2D eigenvalue weighted by molar-refractivity contribution is -0.119. The van der Waals surface area contributed by atoms with Crippen LogP contribution in [0, 0.1) is 6.92 Å². The molecule has 0 radical (unpaired) electrons. The standard InChI is InChI=1S/C26H27N3O7S2/c1-18-5-8-20(9-6-18)29(38(32,33)22-12-10-21(37-4)11-13-22)17-25(30)28-27-16-19-7-14-23(24(15-19)34-2)36-26(31)35-3/h5-16H,17H2,1-4H3,(H,28,30)/b27-16-. The van der Waals surface area contributed by atoms with Gasteiger partial charge in [-0.15, -0.1) is 11.8 Å². The molecule has 0 bridgehead atoms. The highest BCUT2D eigenvalue weighted by Crippen LogP contribution is 2.28. The highest BCUT2D eigenvalue weighted by molar-refractivity contribution is 7.98. The summed E-state index contributed by atoms with van der Waals surface area (Å²) in [5.74, 6) is -0.261. The lowest BCUT2D eigenvalue weighted by Crippen LogP contribution is -2.39. The van der Waals surface area contributed by atoms with Crippen molar-refractivity contribution in [1.82, 2.24) is 5.43 Å². The summed E-state index contributed by atoms with van der Waals surface area (Å²) in [6.07, 6.45) is 2.34. The second kappa shape index (κ2) is 13.0. The van der Waals surface area contributed by atoms with Crippen molar-refractivity contribution in [2.24, 2.45) is 5.10 Å². The second-order valence-corrected chi connectivity index (χ2v) is 10.5. The number of amides is 1. The molecule has 0 aliphatic rings. The van der Waals surface area contributed by atoms with Crippen molar-refractivity contribution < 1.29 is 32.2 Å². The molecule has 38 heavy (non-hydrogen) atoms. The van der Waals surface area contributed by atoms with E-state index in [0.29, 0.717) is 11.3 Å². The molecule has 200 valence electrons. The molecular formula is C26H27N3O7S2. The molecule has 0 spiro atoms. The minimum atomic E-state index is -4.05. The SMILES string of the molecule is COC(=O)Oc1ccc(/C=N\NC(=O)CN(c2ccc(C)cc2)S(=O)(=O)c2ccc(SC)cc2)cc1OC. The molecule has 1 N–H and O–H groups in total. The van der Waals surface area contributed by atoms with Crippen molar-refractivity contribution in [2.45, 2.75) is 16.7 Å². The number of hydrogen-bond donors (Lipinski definition) is 1. The zero-order chi connectivity index (χ0) is 27.7. The monoisotopic (exact) mass is 557 g/mol. The summed E-state index contributed by atoms with van der Waals surface area (Å²) in [5.41, 5.74) is 4.17. The summed E-state index contributed by atoms with van der Waals surface area (Å²) in [7, 11) is -1.46. The van der Waals surface area contributed by atoms with Crippen molar-refractivity contribution in [3.8, 4) is 11.5 Å². The van der Waals surface area contributed by atoms with Gasteiger partial charge in [0.25, 0.3) is 15.9 Å². The van der Waals surface area contributed by atoms with Crippen molar-refractivity contribution in [1.29, 1.82) is 0 Å². The molecule has 10 nitrogen and oxygen atoms in total. The Morgan fingerprint density at radius 3 is 2.29 bits per heavy atom. The van der Waals surface area contributed by atoms with Crippen molar-refractivity contribution in [2.75, 3.05) is 31.3 Å². The Kier molecular flexibility index (Phi) is 9.74. The van der Waals surface area contributed by atoms with Gasteiger partial charge in [-0.05, 0) is 73.3 Å². The van der Waals surface area contributed by atoms with Crippen LogP contribution in [-0.4, -0.2) is 53.7 Å². The predicted molar refractivity (Wildman–Crippen MR) is 146 cm³/mol. The molecule has 0 atom stereocenters. The van der Waals surface area contributed by atoms with Gasteiger partial charge in [0.1, 0.15) is 6.54 Å². The lowest BCUT2D eigenvalue weighted by atomic mass is 10.2. The van der Waals surface area contributed by atoms with Crippen molar-refractivity contribution in [3.63, 3.8) is 0 Å². The molecule has 0 unspecified atom stereocenters. The zero-order valence-corrected chi connectivity index (χ0v) is 22.8. The van der Waals surface area contributed by atoms with E-state index in [4.69, 9.17) is 9.47 Å². The predicted octanol–water partition coefficient (Wildman–Crippen LogP) is 4.22. The maximum Gasteiger partial charge on any atom is 0.513 e. The normalized spacial score (nSPS) is 11.2. The third kappa shape index (κ3) is 7.26. The van der Waals surface area contributed by atoms with Crippen LogP contribution in [0.1, 0.15) is 11.1 Å². The van der Waals surface area contributed by atoms with E-state index in [2.05, 4.69) is 15.3 Å². The molecule has 1 amide bonds. The number of nitrogens with one attached hydrogen (secondary N) is 1. The fourth-order valence-corrected chi connectivity index (χ4v) is 5.06. The third-order valence-electron chi connectivity index (χ3n) is 5.21. The van der Waals surface area contributed by atoms with E-state index in [1.54, 1.807) is 42.5 Å². The molecule has 0 fully saturated rings. The quantitative estimate of drug-likeness (QED) is 0.129. The number of thioether (sulfide) groups is 1. The molecule has 12 heteroatoms. The fraction of sp³-hybridized carbons (Fsp3) is 0.192. The van der Waals surface area contributed by atoms with Crippen molar-refractivity contribution >= 4 is 45.7 Å². The number of anilines is 1. The number of nitrogens with zero attached hydrogens (tertiary/aromatic N) is 2. The molecule has 0 aliphatic carbocycles. The van der Waals surface area contributed by atoms with Gasteiger partial charge in [0.05, 0.1) is 31.0 Å². The second-order valence-electron chi connectivity index (χ2n) is 7.78. The van der Waals surface area contributed by atoms with Gasteiger partial charge in [-0.2, -0.15) is 5.10 Å². The molecule has 0 saturated carbocycles. The van der Waals surface area contributed by atoms with Gasteiger partial charge in [-0.3, -0.25) is 9.10 Å². The van der Waals surface area contributed by atoms with Crippen LogP contribution >= 0.6 is 11.8 Å². The summed E-state index contributed by atoms with van der Waals surface area (Å²) in [6.45, 7) is 1.39. The van der Waals surface area contributed by atoms with Crippen LogP contribution < -0.4 is 19.2 Å². The van der Waals surface area contributed by atoms with E-state index in [9.17, 15) is 18.0 Å². The van der Waals surface area contributed by atoms with E-state index < -0.39 is 28.6 Å². The lowest BCUT2D eigenvalue weighted by Gasteiger charge is -2.24. The maximum atomic E-state index is 13.5. The largest absolute Gasteiger partial charge is 0.513 e. The van der Waals surface area contributed by atoms with Crippen molar-refractivity contribution in [3.05, 3.63) is 77.9 Å². The summed E-state index contributed by atoms with van der Waals surface area (Å²) in [5, 5.41) is 3.93. The highest BCUT2D eigenvalue weighted by atomic mass is 32.2. The molecule has 0 aromatic heterocycles. The Morgan fingerprint density at radius 2 is 1.68 bits per heavy atom. The average Bonchev–Trinajstić information content (AvgIpc) is 2.92.